The smallest absolute Gasteiger partial charge is 0.326 e. The van der Waals surface area contributed by atoms with Gasteiger partial charge in [-0.1, -0.05) is 20.3 Å². The molecule has 0 heterocycles. The Morgan fingerprint density at radius 3 is 2.33 bits per heavy atom. The van der Waals surface area contributed by atoms with Crippen molar-refractivity contribution >= 4 is 17.8 Å². The Morgan fingerprint density at radius 2 is 1.83 bits per heavy atom. The minimum Gasteiger partial charge on any atom is -0.481 e. The molecule has 0 aliphatic carbocycles. The standard InChI is InChI=1S/C16H25N3O5/c1-11(2)8-13(16(23)24)19-10-12(9-17)15(22)18-7-5-3-4-6-14(20)21/h10-11,13,19H,3-8H2,1-2H3,(H,18,22)(H,20,21)(H,23,24)/b12-10-. The average Bonchev–Trinajstić information content (AvgIpc) is 2.49. The van der Waals surface area contributed by atoms with Crippen LogP contribution in [0.5, 0.6) is 0 Å². The minimum atomic E-state index is -1.05. The summed E-state index contributed by atoms with van der Waals surface area (Å²) in [6.45, 7) is 4.08. The number of aliphatic carboxylic acids is 2. The van der Waals surface area contributed by atoms with Crippen molar-refractivity contribution in [1.29, 1.82) is 5.26 Å². The van der Waals surface area contributed by atoms with Crippen LogP contribution < -0.4 is 10.6 Å². The van der Waals surface area contributed by atoms with Crippen molar-refractivity contribution in [2.24, 2.45) is 5.92 Å². The van der Waals surface area contributed by atoms with Gasteiger partial charge in [0.25, 0.3) is 5.91 Å². The summed E-state index contributed by atoms with van der Waals surface area (Å²) >= 11 is 0. The van der Waals surface area contributed by atoms with Gasteiger partial charge in [-0.2, -0.15) is 5.26 Å². The Balaban J connectivity index is 4.34. The van der Waals surface area contributed by atoms with Gasteiger partial charge in [-0.05, 0) is 25.2 Å². The van der Waals surface area contributed by atoms with Crippen molar-refractivity contribution in [3.8, 4) is 6.07 Å². The predicted octanol–water partition coefficient (Wildman–Crippen LogP) is 1.24. The Labute approximate surface area is 141 Å². The summed E-state index contributed by atoms with van der Waals surface area (Å²) in [5.41, 5.74) is -0.199. The number of rotatable bonds is 12. The molecule has 8 nitrogen and oxygen atoms in total. The average molecular weight is 339 g/mol. The van der Waals surface area contributed by atoms with E-state index in [1.807, 2.05) is 13.8 Å². The van der Waals surface area contributed by atoms with Gasteiger partial charge in [0.15, 0.2) is 0 Å². The molecule has 1 unspecified atom stereocenters. The van der Waals surface area contributed by atoms with Crippen LogP contribution in [-0.2, 0) is 14.4 Å². The highest BCUT2D eigenvalue weighted by Gasteiger charge is 2.18. The maximum absolute atomic E-state index is 11.8. The van der Waals surface area contributed by atoms with E-state index in [0.717, 1.165) is 6.20 Å². The maximum atomic E-state index is 11.8. The van der Waals surface area contributed by atoms with E-state index in [4.69, 9.17) is 15.5 Å². The van der Waals surface area contributed by atoms with Gasteiger partial charge < -0.3 is 20.8 Å². The zero-order valence-corrected chi connectivity index (χ0v) is 14.0. The van der Waals surface area contributed by atoms with Crippen LogP contribution >= 0.6 is 0 Å². The molecular formula is C16H25N3O5. The monoisotopic (exact) mass is 339 g/mol. The van der Waals surface area contributed by atoms with Crippen LogP contribution in [0.25, 0.3) is 0 Å². The Hall–Kier alpha value is -2.56. The van der Waals surface area contributed by atoms with Crippen LogP contribution in [0.4, 0.5) is 0 Å². The number of hydrogen-bond acceptors (Lipinski definition) is 5. The van der Waals surface area contributed by atoms with Crippen molar-refractivity contribution in [2.75, 3.05) is 6.54 Å². The second-order valence-corrected chi connectivity index (χ2v) is 5.82. The molecule has 0 aliphatic heterocycles. The summed E-state index contributed by atoms with van der Waals surface area (Å²) in [5.74, 6) is -2.33. The molecule has 0 bridgehead atoms. The number of carboxylic acids is 2. The van der Waals surface area contributed by atoms with E-state index in [1.54, 1.807) is 6.07 Å². The first-order valence-electron chi connectivity index (χ1n) is 7.87. The first-order valence-corrected chi connectivity index (χ1v) is 7.87. The number of nitrogens with zero attached hydrogens (tertiary/aromatic N) is 1. The highest BCUT2D eigenvalue weighted by molar-refractivity contribution is 5.97. The number of amides is 1. The maximum Gasteiger partial charge on any atom is 0.326 e. The molecule has 0 fully saturated rings. The van der Waals surface area contributed by atoms with Crippen LogP contribution in [0, 0.1) is 17.2 Å². The number of nitrogens with one attached hydrogen (secondary N) is 2. The number of carboxylic acid groups (broad SMARTS) is 2. The summed E-state index contributed by atoms with van der Waals surface area (Å²) in [7, 11) is 0. The molecule has 24 heavy (non-hydrogen) atoms. The van der Waals surface area contributed by atoms with E-state index in [9.17, 15) is 14.4 Å². The zero-order chi connectivity index (χ0) is 18.5. The van der Waals surface area contributed by atoms with E-state index in [-0.39, 0.29) is 17.9 Å². The number of carbonyl (C=O) groups excluding carboxylic acids is 1. The number of hydrogen-bond donors (Lipinski definition) is 4. The summed E-state index contributed by atoms with van der Waals surface area (Å²) < 4.78 is 0. The van der Waals surface area contributed by atoms with Gasteiger partial charge in [-0.25, -0.2) is 4.79 Å². The molecular weight excluding hydrogens is 314 g/mol. The van der Waals surface area contributed by atoms with Gasteiger partial charge >= 0.3 is 11.9 Å². The zero-order valence-electron chi connectivity index (χ0n) is 14.0. The summed E-state index contributed by atoms with van der Waals surface area (Å²) in [6, 6.07) is 0.869. The molecule has 0 rings (SSSR count). The van der Waals surface area contributed by atoms with Crippen molar-refractivity contribution in [3.05, 3.63) is 11.8 Å². The quantitative estimate of drug-likeness (QED) is 0.238. The third-order valence-corrected chi connectivity index (χ3v) is 3.15. The van der Waals surface area contributed by atoms with Crippen molar-refractivity contribution in [1.82, 2.24) is 10.6 Å². The fraction of sp³-hybridized carbons (Fsp3) is 0.625. The molecule has 0 aromatic rings. The first-order chi connectivity index (χ1) is 11.3. The van der Waals surface area contributed by atoms with Gasteiger partial charge in [-0.15, -0.1) is 0 Å². The lowest BCUT2D eigenvalue weighted by Crippen LogP contribution is -2.35. The molecule has 1 amide bonds. The normalized spacial score (nSPS) is 12.3. The SMILES string of the molecule is CC(C)CC(N/C=C(/C#N)C(=O)NCCCCCC(=O)O)C(=O)O. The molecule has 0 saturated carbocycles. The highest BCUT2D eigenvalue weighted by Crippen LogP contribution is 2.05. The van der Waals surface area contributed by atoms with Crippen LogP contribution in [0.3, 0.4) is 0 Å². The fourth-order valence-corrected chi connectivity index (χ4v) is 1.92. The third-order valence-electron chi connectivity index (χ3n) is 3.15. The second kappa shape index (κ2) is 11.9. The van der Waals surface area contributed by atoms with E-state index < -0.39 is 23.9 Å². The topological polar surface area (TPSA) is 140 Å². The van der Waals surface area contributed by atoms with Crippen LogP contribution in [0.2, 0.25) is 0 Å². The van der Waals surface area contributed by atoms with E-state index >= 15 is 0 Å². The highest BCUT2D eigenvalue weighted by atomic mass is 16.4. The van der Waals surface area contributed by atoms with Gasteiger partial charge in [0.2, 0.25) is 0 Å². The molecule has 8 heteroatoms. The minimum absolute atomic E-state index is 0.0909. The summed E-state index contributed by atoms with van der Waals surface area (Å²) in [4.78, 5) is 33.3. The van der Waals surface area contributed by atoms with Crippen LogP contribution in [0.15, 0.2) is 11.8 Å². The number of unbranched alkanes of at least 4 members (excludes halogenated alkanes) is 2. The largest absolute Gasteiger partial charge is 0.481 e. The lowest BCUT2D eigenvalue weighted by Gasteiger charge is -2.15. The van der Waals surface area contributed by atoms with Crippen LogP contribution in [-0.4, -0.2) is 40.6 Å². The van der Waals surface area contributed by atoms with Crippen molar-refractivity contribution < 1.29 is 24.6 Å². The number of carbonyl (C=O) groups is 3. The second-order valence-electron chi connectivity index (χ2n) is 5.82. The molecule has 0 aliphatic rings. The molecule has 0 spiro atoms. The molecule has 0 saturated heterocycles. The lowest BCUT2D eigenvalue weighted by atomic mass is 10.0. The van der Waals surface area contributed by atoms with Gasteiger partial charge in [0.1, 0.15) is 17.7 Å². The predicted molar refractivity (Wildman–Crippen MR) is 86.8 cm³/mol. The lowest BCUT2D eigenvalue weighted by molar-refractivity contribution is -0.140. The fourth-order valence-electron chi connectivity index (χ4n) is 1.92. The molecule has 0 aromatic carbocycles. The Bertz CT molecular complexity index is 508. The Kier molecular flexibility index (Phi) is 10.7. The molecule has 134 valence electrons. The van der Waals surface area contributed by atoms with Gasteiger partial charge in [0, 0.05) is 19.2 Å². The molecule has 0 aromatic heterocycles. The Morgan fingerprint density at radius 1 is 1.17 bits per heavy atom. The van der Waals surface area contributed by atoms with E-state index in [1.165, 1.54) is 0 Å². The molecule has 1 atom stereocenters. The van der Waals surface area contributed by atoms with Gasteiger partial charge in [-0.3, -0.25) is 9.59 Å². The molecule has 0 radical (unpaired) electrons. The van der Waals surface area contributed by atoms with E-state index in [0.29, 0.717) is 32.2 Å². The third kappa shape index (κ3) is 10.2. The number of nitriles is 1. The van der Waals surface area contributed by atoms with E-state index in [2.05, 4.69) is 10.6 Å². The molecule has 4 N–H and O–H groups in total. The van der Waals surface area contributed by atoms with Crippen molar-refractivity contribution in [3.63, 3.8) is 0 Å². The summed E-state index contributed by atoms with van der Waals surface area (Å²) in [5, 5.41) is 31.7. The van der Waals surface area contributed by atoms with Gasteiger partial charge in [0.05, 0.1) is 0 Å². The first kappa shape index (κ1) is 21.4. The summed E-state index contributed by atoms with van der Waals surface area (Å²) in [6.07, 6.45) is 3.38. The van der Waals surface area contributed by atoms with Crippen molar-refractivity contribution in [2.45, 2.75) is 52.0 Å². The van der Waals surface area contributed by atoms with Crippen LogP contribution in [0.1, 0.15) is 46.0 Å².